The second kappa shape index (κ2) is 5.87. The molecule has 0 aliphatic carbocycles. The molecule has 0 aromatic carbocycles. The smallest absolute Gasteiger partial charge is 0.166 e. The maximum absolute atomic E-state index is 9.00. The summed E-state index contributed by atoms with van der Waals surface area (Å²) >= 11 is 0.945. The first-order valence-corrected chi connectivity index (χ1v) is 6.25. The molecule has 8 heteroatoms. The summed E-state index contributed by atoms with van der Waals surface area (Å²) in [5, 5.41) is 26.1. The lowest BCUT2D eigenvalue weighted by Crippen LogP contribution is -2.23. The summed E-state index contributed by atoms with van der Waals surface area (Å²) in [6.45, 7) is 1.79. The van der Waals surface area contributed by atoms with Gasteiger partial charge >= 0.3 is 0 Å². The molecule has 0 bridgehead atoms. The SMILES string of the molecule is C/C(=N\N1N=C(N)C(C#N)=C(C#N)S1)c1cccnc1. The standard InChI is InChI=1S/C12H9N7S/c1-8(9-3-2-4-16-7-9)17-19-18-12(15)10(5-13)11(6-14)20-19/h2-4,7H,1H3,(H2,15,18)/b17-8+. The van der Waals surface area contributed by atoms with E-state index >= 15 is 0 Å². The van der Waals surface area contributed by atoms with Gasteiger partial charge in [0.2, 0.25) is 0 Å². The third-order valence-electron chi connectivity index (χ3n) is 2.38. The molecule has 0 radical (unpaired) electrons. The third kappa shape index (κ3) is 2.76. The molecule has 7 nitrogen and oxygen atoms in total. The number of hydrogen-bond donors (Lipinski definition) is 1. The average molecular weight is 283 g/mol. The Labute approximate surface area is 119 Å². The highest BCUT2D eigenvalue weighted by Gasteiger charge is 2.21. The molecule has 0 saturated carbocycles. The van der Waals surface area contributed by atoms with E-state index in [2.05, 4.69) is 15.2 Å². The minimum Gasteiger partial charge on any atom is -0.381 e. The number of hydrogen-bond acceptors (Lipinski definition) is 8. The highest BCUT2D eigenvalue weighted by atomic mass is 32.2. The number of hydrazone groups is 2. The van der Waals surface area contributed by atoms with Crippen molar-refractivity contribution in [1.82, 2.24) is 9.51 Å². The average Bonchev–Trinajstić information content (AvgIpc) is 2.47. The van der Waals surface area contributed by atoms with Crippen molar-refractivity contribution >= 4 is 23.5 Å². The van der Waals surface area contributed by atoms with Crippen molar-refractivity contribution in [1.29, 1.82) is 10.5 Å². The predicted molar refractivity (Wildman–Crippen MR) is 75.8 cm³/mol. The lowest BCUT2D eigenvalue weighted by Gasteiger charge is -2.17. The maximum atomic E-state index is 9.00. The van der Waals surface area contributed by atoms with Crippen LogP contribution in [0.4, 0.5) is 0 Å². The predicted octanol–water partition coefficient (Wildman–Crippen LogP) is 1.34. The zero-order valence-electron chi connectivity index (χ0n) is 10.5. The van der Waals surface area contributed by atoms with Gasteiger partial charge in [-0.3, -0.25) is 4.98 Å². The van der Waals surface area contributed by atoms with Gasteiger partial charge in [-0.25, -0.2) is 0 Å². The summed E-state index contributed by atoms with van der Waals surface area (Å²) in [7, 11) is 0. The van der Waals surface area contributed by atoms with Gasteiger partial charge in [-0.15, -0.1) is 14.7 Å². The number of pyridine rings is 1. The molecule has 0 atom stereocenters. The molecule has 0 spiro atoms. The van der Waals surface area contributed by atoms with Crippen molar-refractivity contribution in [2.45, 2.75) is 6.92 Å². The summed E-state index contributed by atoms with van der Waals surface area (Å²) in [5.41, 5.74) is 7.21. The van der Waals surface area contributed by atoms with E-state index in [1.807, 2.05) is 18.2 Å². The Morgan fingerprint density at radius 1 is 1.45 bits per heavy atom. The fourth-order valence-electron chi connectivity index (χ4n) is 1.40. The summed E-state index contributed by atoms with van der Waals surface area (Å²) in [5.74, 6) is -0.0227. The van der Waals surface area contributed by atoms with E-state index in [4.69, 9.17) is 16.3 Å². The van der Waals surface area contributed by atoms with E-state index in [0.29, 0.717) is 5.71 Å². The topological polar surface area (TPSA) is 114 Å². The van der Waals surface area contributed by atoms with Crippen LogP contribution in [0.3, 0.4) is 0 Å². The van der Waals surface area contributed by atoms with Crippen LogP contribution in [-0.2, 0) is 0 Å². The molecule has 1 aromatic heterocycles. The molecule has 98 valence electrons. The number of nitrogens with two attached hydrogens (primary N) is 1. The minimum atomic E-state index is -0.0227. The first-order chi connectivity index (χ1) is 9.65. The summed E-state index contributed by atoms with van der Waals surface area (Å²) in [4.78, 5) is 4.17. The molecule has 2 N–H and O–H groups in total. The van der Waals surface area contributed by atoms with E-state index < -0.39 is 0 Å². The van der Waals surface area contributed by atoms with Crippen LogP contribution in [0.25, 0.3) is 0 Å². The molecule has 2 heterocycles. The molecule has 0 amide bonds. The van der Waals surface area contributed by atoms with Crippen molar-refractivity contribution < 1.29 is 0 Å². The molecule has 1 aliphatic heterocycles. The van der Waals surface area contributed by atoms with Gasteiger partial charge in [-0.1, -0.05) is 6.07 Å². The van der Waals surface area contributed by atoms with E-state index in [9.17, 15) is 0 Å². The van der Waals surface area contributed by atoms with Crippen LogP contribution >= 0.6 is 11.9 Å². The highest BCUT2D eigenvalue weighted by Crippen LogP contribution is 2.29. The van der Waals surface area contributed by atoms with Crippen LogP contribution < -0.4 is 5.73 Å². The molecule has 0 saturated heterocycles. The Bertz CT molecular complexity index is 691. The molecule has 1 aliphatic rings. The maximum Gasteiger partial charge on any atom is 0.166 e. The Morgan fingerprint density at radius 2 is 2.25 bits per heavy atom. The minimum absolute atomic E-state index is 0.0227. The molecule has 1 aromatic rings. The van der Waals surface area contributed by atoms with Gasteiger partial charge in [0.15, 0.2) is 5.84 Å². The molecular weight excluding hydrogens is 274 g/mol. The van der Waals surface area contributed by atoms with Crippen molar-refractivity contribution in [2.75, 3.05) is 0 Å². The number of nitriles is 2. The number of nitrogens with zero attached hydrogens (tertiary/aromatic N) is 6. The van der Waals surface area contributed by atoms with Gasteiger partial charge in [-0.05, 0) is 13.0 Å². The Hall–Kier alpha value is -2.84. The van der Waals surface area contributed by atoms with E-state index in [-0.39, 0.29) is 16.3 Å². The quantitative estimate of drug-likeness (QED) is 0.647. The van der Waals surface area contributed by atoms with Crippen LogP contribution in [0, 0.1) is 22.7 Å². The second-order valence-electron chi connectivity index (χ2n) is 3.68. The Morgan fingerprint density at radius 3 is 2.85 bits per heavy atom. The van der Waals surface area contributed by atoms with E-state index in [1.165, 1.54) is 4.52 Å². The van der Waals surface area contributed by atoms with Gasteiger partial charge in [0.05, 0.1) is 5.71 Å². The number of aromatic nitrogens is 1. The zero-order chi connectivity index (χ0) is 14.5. The lowest BCUT2D eigenvalue weighted by atomic mass is 10.2. The van der Waals surface area contributed by atoms with Crippen LogP contribution in [-0.4, -0.2) is 21.1 Å². The fourth-order valence-corrected chi connectivity index (χ4v) is 2.13. The summed E-state index contributed by atoms with van der Waals surface area (Å²) in [6, 6.07) is 7.42. The van der Waals surface area contributed by atoms with E-state index in [1.54, 1.807) is 25.4 Å². The molecule has 0 fully saturated rings. The Kier molecular flexibility index (Phi) is 3.99. The number of rotatable bonds is 2. The second-order valence-corrected chi connectivity index (χ2v) is 4.60. The van der Waals surface area contributed by atoms with Gasteiger partial charge in [0.25, 0.3) is 0 Å². The van der Waals surface area contributed by atoms with Crippen molar-refractivity contribution in [3.05, 3.63) is 40.6 Å². The lowest BCUT2D eigenvalue weighted by molar-refractivity contribution is 0.540. The largest absolute Gasteiger partial charge is 0.381 e. The fraction of sp³-hybridized carbons (Fsp3) is 0.0833. The first-order valence-electron chi connectivity index (χ1n) is 5.48. The van der Waals surface area contributed by atoms with Crippen LogP contribution in [0.15, 0.2) is 45.2 Å². The summed E-state index contributed by atoms with van der Waals surface area (Å²) < 4.78 is 1.22. The molecule has 2 rings (SSSR count). The van der Waals surface area contributed by atoms with Gasteiger partial charge in [0, 0.05) is 29.9 Å². The van der Waals surface area contributed by atoms with Gasteiger partial charge in [-0.2, -0.15) is 10.5 Å². The van der Waals surface area contributed by atoms with Gasteiger partial charge in [0.1, 0.15) is 22.6 Å². The molecule has 0 unspecified atom stereocenters. The third-order valence-corrected chi connectivity index (χ3v) is 3.18. The zero-order valence-corrected chi connectivity index (χ0v) is 11.3. The molecular formula is C12H9N7S. The van der Waals surface area contributed by atoms with Crippen LogP contribution in [0.2, 0.25) is 0 Å². The highest BCUT2D eigenvalue weighted by molar-refractivity contribution is 8.01. The number of allylic oxidation sites excluding steroid dienone is 1. The van der Waals surface area contributed by atoms with Crippen molar-refractivity contribution in [3.8, 4) is 12.1 Å². The van der Waals surface area contributed by atoms with Gasteiger partial charge < -0.3 is 5.73 Å². The number of amidine groups is 1. The molecule has 20 heavy (non-hydrogen) atoms. The van der Waals surface area contributed by atoms with E-state index in [0.717, 1.165) is 17.5 Å². The monoisotopic (exact) mass is 283 g/mol. The van der Waals surface area contributed by atoms with Crippen molar-refractivity contribution in [3.63, 3.8) is 0 Å². The van der Waals surface area contributed by atoms with Crippen LogP contribution in [0.1, 0.15) is 12.5 Å². The normalized spacial score (nSPS) is 15.4. The Balaban J connectivity index is 2.29. The summed E-state index contributed by atoms with van der Waals surface area (Å²) in [6.07, 6.45) is 3.33. The van der Waals surface area contributed by atoms with Crippen LogP contribution in [0.5, 0.6) is 0 Å². The van der Waals surface area contributed by atoms with Crippen molar-refractivity contribution in [2.24, 2.45) is 15.9 Å². The first kappa shape index (κ1) is 13.6.